The lowest BCUT2D eigenvalue weighted by molar-refractivity contribution is 0.213. The van der Waals surface area contributed by atoms with Crippen LogP contribution in [0.4, 0.5) is 0 Å². The van der Waals surface area contributed by atoms with E-state index in [0.29, 0.717) is 0 Å². The molecule has 1 aliphatic rings. The highest BCUT2D eigenvalue weighted by Crippen LogP contribution is 2.22. The fourth-order valence-electron chi connectivity index (χ4n) is 3.00. The highest BCUT2D eigenvalue weighted by molar-refractivity contribution is 5.37. The van der Waals surface area contributed by atoms with Gasteiger partial charge in [-0.05, 0) is 37.6 Å². The fraction of sp³-hybridized carbons (Fsp3) is 0.556. The standard InChI is InChI=1S/C18H25NO/c1-19(18-11-4-2-3-5-12-18)15-17-9-6-8-16(14-17)10-7-13-20/h6,8-9,14,18,20H,2-5,11-13,15H2,1H3. The molecule has 0 bridgehead atoms. The summed E-state index contributed by atoms with van der Waals surface area (Å²) in [4.78, 5) is 2.49. The van der Waals surface area contributed by atoms with Gasteiger partial charge in [-0.3, -0.25) is 4.90 Å². The third kappa shape index (κ3) is 4.67. The van der Waals surface area contributed by atoms with Crippen LogP contribution in [0.5, 0.6) is 0 Å². The first kappa shape index (κ1) is 15.1. The van der Waals surface area contributed by atoms with Crippen LogP contribution in [-0.2, 0) is 6.54 Å². The molecule has 0 aliphatic heterocycles. The molecule has 2 rings (SSSR count). The minimum absolute atomic E-state index is 0.0772. The minimum atomic E-state index is -0.0772. The van der Waals surface area contributed by atoms with Gasteiger partial charge in [-0.15, -0.1) is 0 Å². The summed E-state index contributed by atoms with van der Waals surface area (Å²) in [6, 6.07) is 9.08. The van der Waals surface area contributed by atoms with Crippen molar-refractivity contribution in [2.75, 3.05) is 13.7 Å². The lowest BCUT2D eigenvalue weighted by atomic mass is 10.1. The van der Waals surface area contributed by atoms with Gasteiger partial charge in [-0.1, -0.05) is 49.7 Å². The molecular formula is C18H25NO. The molecule has 0 atom stereocenters. The highest BCUT2D eigenvalue weighted by Gasteiger charge is 2.16. The van der Waals surface area contributed by atoms with Gasteiger partial charge >= 0.3 is 0 Å². The molecule has 1 aromatic rings. The second-order valence-electron chi connectivity index (χ2n) is 5.72. The topological polar surface area (TPSA) is 23.5 Å². The van der Waals surface area contributed by atoms with E-state index in [1.54, 1.807) is 0 Å². The summed E-state index contributed by atoms with van der Waals surface area (Å²) in [5.74, 6) is 5.69. The van der Waals surface area contributed by atoms with Gasteiger partial charge in [0, 0.05) is 18.2 Å². The Morgan fingerprint density at radius 2 is 1.95 bits per heavy atom. The first-order chi connectivity index (χ1) is 9.79. The van der Waals surface area contributed by atoms with Crippen molar-refractivity contribution >= 4 is 0 Å². The van der Waals surface area contributed by atoms with E-state index in [1.807, 2.05) is 6.07 Å². The molecule has 0 spiro atoms. The van der Waals surface area contributed by atoms with Crippen LogP contribution in [0.2, 0.25) is 0 Å². The van der Waals surface area contributed by atoms with E-state index in [1.165, 1.54) is 44.1 Å². The zero-order valence-corrected chi connectivity index (χ0v) is 12.4. The first-order valence-electron chi connectivity index (χ1n) is 7.68. The highest BCUT2D eigenvalue weighted by atomic mass is 16.2. The molecule has 20 heavy (non-hydrogen) atoms. The average molecular weight is 271 g/mol. The molecule has 1 saturated carbocycles. The molecule has 1 fully saturated rings. The molecule has 2 nitrogen and oxygen atoms in total. The van der Waals surface area contributed by atoms with Gasteiger partial charge in [-0.2, -0.15) is 0 Å². The van der Waals surface area contributed by atoms with E-state index >= 15 is 0 Å². The van der Waals surface area contributed by atoms with E-state index in [9.17, 15) is 0 Å². The molecule has 0 heterocycles. The van der Waals surface area contributed by atoms with Crippen molar-refractivity contribution in [3.63, 3.8) is 0 Å². The van der Waals surface area contributed by atoms with Crippen molar-refractivity contribution in [3.05, 3.63) is 35.4 Å². The van der Waals surface area contributed by atoms with Crippen molar-refractivity contribution in [1.29, 1.82) is 0 Å². The summed E-state index contributed by atoms with van der Waals surface area (Å²) in [7, 11) is 2.24. The number of aliphatic hydroxyl groups excluding tert-OH is 1. The molecule has 108 valence electrons. The third-order valence-corrected chi connectivity index (χ3v) is 4.12. The summed E-state index contributed by atoms with van der Waals surface area (Å²) in [6.45, 7) is 0.908. The Morgan fingerprint density at radius 1 is 1.20 bits per heavy atom. The summed E-state index contributed by atoms with van der Waals surface area (Å²) >= 11 is 0. The normalized spacial score (nSPS) is 16.6. The molecule has 0 amide bonds. The van der Waals surface area contributed by atoms with Crippen LogP contribution >= 0.6 is 0 Å². The monoisotopic (exact) mass is 271 g/mol. The maximum Gasteiger partial charge on any atom is 0.104 e. The zero-order chi connectivity index (χ0) is 14.2. The molecule has 0 radical (unpaired) electrons. The van der Waals surface area contributed by atoms with Crippen molar-refractivity contribution in [2.24, 2.45) is 0 Å². The van der Waals surface area contributed by atoms with Crippen molar-refractivity contribution in [3.8, 4) is 11.8 Å². The largest absolute Gasteiger partial charge is 0.384 e. The summed E-state index contributed by atoms with van der Waals surface area (Å²) in [5.41, 5.74) is 2.30. The maximum absolute atomic E-state index is 8.76. The minimum Gasteiger partial charge on any atom is -0.384 e. The van der Waals surface area contributed by atoms with Crippen LogP contribution in [-0.4, -0.2) is 29.7 Å². The predicted molar refractivity (Wildman–Crippen MR) is 83.4 cm³/mol. The summed E-state index contributed by atoms with van der Waals surface area (Å²) in [5, 5.41) is 8.76. The molecular weight excluding hydrogens is 246 g/mol. The van der Waals surface area contributed by atoms with E-state index in [0.717, 1.165) is 18.2 Å². The third-order valence-electron chi connectivity index (χ3n) is 4.12. The SMILES string of the molecule is CN(Cc1cccc(C#CCO)c1)C1CCCCCC1. The summed E-state index contributed by atoms with van der Waals surface area (Å²) in [6.07, 6.45) is 8.21. The van der Waals surface area contributed by atoms with Crippen LogP contribution in [0.25, 0.3) is 0 Å². The van der Waals surface area contributed by atoms with Crippen LogP contribution in [0, 0.1) is 11.8 Å². The number of rotatable bonds is 3. The number of benzene rings is 1. The lowest BCUT2D eigenvalue weighted by Gasteiger charge is -2.27. The van der Waals surface area contributed by atoms with Crippen molar-refractivity contribution in [1.82, 2.24) is 4.90 Å². The Labute approximate surface area is 122 Å². The Morgan fingerprint density at radius 3 is 2.65 bits per heavy atom. The zero-order valence-electron chi connectivity index (χ0n) is 12.4. The number of hydrogen-bond acceptors (Lipinski definition) is 2. The molecule has 1 aliphatic carbocycles. The van der Waals surface area contributed by atoms with Gasteiger partial charge in [0.1, 0.15) is 6.61 Å². The van der Waals surface area contributed by atoms with Gasteiger partial charge < -0.3 is 5.11 Å². The van der Waals surface area contributed by atoms with Gasteiger partial charge in [0.25, 0.3) is 0 Å². The van der Waals surface area contributed by atoms with Crippen molar-refractivity contribution in [2.45, 2.75) is 51.1 Å². The predicted octanol–water partition coefficient (Wildman–Crippen LogP) is 3.19. The van der Waals surface area contributed by atoms with E-state index in [-0.39, 0.29) is 6.61 Å². The molecule has 0 aromatic heterocycles. The first-order valence-corrected chi connectivity index (χ1v) is 7.68. The molecule has 1 N–H and O–H groups in total. The number of nitrogens with zero attached hydrogens (tertiary/aromatic N) is 1. The van der Waals surface area contributed by atoms with Crippen LogP contribution < -0.4 is 0 Å². The Kier molecular flexibility index (Phi) is 6.11. The quantitative estimate of drug-likeness (QED) is 0.674. The Balaban J connectivity index is 1.97. The molecule has 1 aromatic carbocycles. The molecule has 0 unspecified atom stereocenters. The maximum atomic E-state index is 8.76. The Hall–Kier alpha value is -1.30. The van der Waals surface area contributed by atoms with Gasteiger partial charge in [-0.25, -0.2) is 0 Å². The second-order valence-corrected chi connectivity index (χ2v) is 5.72. The second kappa shape index (κ2) is 8.09. The number of hydrogen-bond donors (Lipinski definition) is 1. The van der Waals surface area contributed by atoms with Crippen LogP contribution in [0.3, 0.4) is 0 Å². The average Bonchev–Trinajstić information content (AvgIpc) is 2.74. The summed E-state index contributed by atoms with van der Waals surface area (Å²) < 4.78 is 0. The van der Waals surface area contributed by atoms with E-state index in [4.69, 9.17) is 5.11 Å². The smallest absolute Gasteiger partial charge is 0.104 e. The van der Waals surface area contributed by atoms with Gasteiger partial charge in [0.2, 0.25) is 0 Å². The van der Waals surface area contributed by atoms with Crippen LogP contribution in [0.1, 0.15) is 49.7 Å². The number of aliphatic hydroxyl groups is 1. The van der Waals surface area contributed by atoms with E-state index < -0.39 is 0 Å². The van der Waals surface area contributed by atoms with Crippen molar-refractivity contribution < 1.29 is 5.11 Å². The molecule has 0 saturated heterocycles. The van der Waals surface area contributed by atoms with Crippen LogP contribution in [0.15, 0.2) is 24.3 Å². The lowest BCUT2D eigenvalue weighted by Crippen LogP contribution is -2.30. The fourth-order valence-corrected chi connectivity index (χ4v) is 3.00. The van der Waals surface area contributed by atoms with Gasteiger partial charge in [0.15, 0.2) is 0 Å². The van der Waals surface area contributed by atoms with E-state index in [2.05, 4.69) is 42.0 Å². The Bertz CT molecular complexity index is 464. The molecule has 2 heteroatoms. The van der Waals surface area contributed by atoms with Gasteiger partial charge in [0.05, 0.1) is 0 Å².